The number of aliphatic carboxylic acids is 1. The lowest BCUT2D eigenvalue weighted by Gasteiger charge is -2.17. The third kappa shape index (κ3) is 4.17. The van der Waals surface area contributed by atoms with Gasteiger partial charge in [0.25, 0.3) is 0 Å². The molecule has 0 bridgehead atoms. The van der Waals surface area contributed by atoms with Crippen molar-refractivity contribution in [1.29, 1.82) is 0 Å². The molecule has 1 aliphatic rings. The van der Waals surface area contributed by atoms with Gasteiger partial charge in [0, 0.05) is 18.3 Å². The number of hydrogen-bond acceptors (Lipinski definition) is 4. The van der Waals surface area contributed by atoms with E-state index in [1.807, 2.05) is 42.5 Å². The number of pyridine rings is 1. The van der Waals surface area contributed by atoms with Crippen molar-refractivity contribution in [3.8, 4) is 11.1 Å². The second kappa shape index (κ2) is 8.78. The monoisotopic (exact) mass is 402 g/mol. The molecule has 1 amide bonds. The van der Waals surface area contributed by atoms with Crippen molar-refractivity contribution in [2.75, 3.05) is 6.61 Å². The third-order valence-electron chi connectivity index (χ3n) is 5.38. The first-order valence-corrected chi connectivity index (χ1v) is 9.86. The topological polar surface area (TPSA) is 88.5 Å². The fourth-order valence-electron chi connectivity index (χ4n) is 3.90. The standard InChI is InChI=1S/C24H22N2O4/c27-23(28)22(12-11-16-6-5-13-25-14-16)26-24(29)30-15-21-19-9-3-1-7-17(19)18-8-2-4-10-20(18)21/h1-10,13-14,21-22H,11-12,15H2,(H,26,29)(H,27,28)/t22-/m1/s1. The van der Waals surface area contributed by atoms with E-state index in [0.29, 0.717) is 6.42 Å². The highest BCUT2D eigenvalue weighted by atomic mass is 16.5. The van der Waals surface area contributed by atoms with Crippen molar-refractivity contribution in [1.82, 2.24) is 10.3 Å². The predicted octanol–water partition coefficient (Wildman–Crippen LogP) is 4.01. The zero-order chi connectivity index (χ0) is 20.9. The minimum atomic E-state index is -1.09. The molecule has 0 fully saturated rings. The molecule has 3 aromatic rings. The number of amides is 1. The van der Waals surface area contributed by atoms with Crippen molar-refractivity contribution >= 4 is 12.1 Å². The Hall–Kier alpha value is -3.67. The van der Waals surface area contributed by atoms with Crippen LogP contribution in [0.15, 0.2) is 73.1 Å². The number of nitrogens with one attached hydrogen (secondary N) is 1. The average molecular weight is 402 g/mol. The van der Waals surface area contributed by atoms with Crippen LogP contribution < -0.4 is 5.32 Å². The van der Waals surface area contributed by atoms with E-state index in [2.05, 4.69) is 22.4 Å². The zero-order valence-corrected chi connectivity index (χ0v) is 16.3. The molecule has 30 heavy (non-hydrogen) atoms. The molecule has 0 radical (unpaired) electrons. The first-order chi connectivity index (χ1) is 14.6. The Bertz CT molecular complexity index is 1010. The van der Waals surface area contributed by atoms with Crippen LogP contribution in [0.3, 0.4) is 0 Å². The van der Waals surface area contributed by atoms with Crippen molar-refractivity contribution < 1.29 is 19.4 Å². The molecule has 6 nitrogen and oxygen atoms in total. The van der Waals surface area contributed by atoms with Gasteiger partial charge in [-0.25, -0.2) is 9.59 Å². The van der Waals surface area contributed by atoms with Gasteiger partial charge in [-0.05, 0) is 46.7 Å². The summed E-state index contributed by atoms with van der Waals surface area (Å²) in [5, 5.41) is 11.9. The van der Waals surface area contributed by atoms with Crippen molar-refractivity contribution in [2.45, 2.75) is 24.8 Å². The molecule has 1 heterocycles. The highest BCUT2D eigenvalue weighted by Crippen LogP contribution is 2.44. The number of alkyl carbamates (subject to hydrolysis) is 1. The van der Waals surface area contributed by atoms with Gasteiger partial charge in [-0.15, -0.1) is 0 Å². The summed E-state index contributed by atoms with van der Waals surface area (Å²) in [6.45, 7) is 0.148. The summed E-state index contributed by atoms with van der Waals surface area (Å²) in [6.07, 6.45) is 3.37. The molecule has 1 atom stereocenters. The lowest BCUT2D eigenvalue weighted by molar-refractivity contribution is -0.139. The van der Waals surface area contributed by atoms with E-state index in [9.17, 15) is 14.7 Å². The van der Waals surface area contributed by atoms with Gasteiger partial charge in [-0.3, -0.25) is 4.98 Å². The van der Waals surface area contributed by atoms with E-state index in [4.69, 9.17) is 4.74 Å². The van der Waals surface area contributed by atoms with Gasteiger partial charge >= 0.3 is 12.1 Å². The fourth-order valence-corrected chi connectivity index (χ4v) is 3.90. The van der Waals surface area contributed by atoms with E-state index < -0.39 is 18.1 Å². The summed E-state index contributed by atoms with van der Waals surface area (Å²) >= 11 is 0. The van der Waals surface area contributed by atoms with E-state index in [-0.39, 0.29) is 18.9 Å². The number of carbonyl (C=O) groups is 2. The number of hydrogen-bond donors (Lipinski definition) is 2. The molecule has 6 heteroatoms. The zero-order valence-electron chi connectivity index (χ0n) is 16.3. The summed E-state index contributed by atoms with van der Waals surface area (Å²) in [7, 11) is 0. The van der Waals surface area contributed by atoms with Gasteiger partial charge in [0.05, 0.1) is 0 Å². The van der Waals surface area contributed by atoms with Gasteiger partial charge in [-0.2, -0.15) is 0 Å². The number of carbonyl (C=O) groups excluding carboxylic acids is 1. The first kappa shape index (κ1) is 19.6. The second-order valence-electron chi connectivity index (χ2n) is 7.26. The van der Waals surface area contributed by atoms with Gasteiger partial charge in [0.15, 0.2) is 0 Å². The minimum Gasteiger partial charge on any atom is -0.480 e. The number of carboxylic acid groups (broad SMARTS) is 1. The summed E-state index contributed by atoms with van der Waals surface area (Å²) in [4.78, 5) is 27.9. The maximum Gasteiger partial charge on any atom is 0.407 e. The summed E-state index contributed by atoms with van der Waals surface area (Å²) in [5.74, 6) is -1.16. The molecular formula is C24H22N2O4. The Balaban J connectivity index is 1.38. The third-order valence-corrected chi connectivity index (χ3v) is 5.38. The van der Waals surface area contributed by atoms with Gasteiger partial charge in [0.1, 0.15) is 12.6 Å². The second-order valence-corrected chi connectivity index (χ2v) is 7.26. The van der Waals surface area contributed by atoms with Gasteiger partial charge in [0.2, 0.25) is 0 Å². The number of benzene rings is 2. The number of rotatable bonds is 7. The summed E-state index contributed by atoms with van der Waals surface area (Å²) in [6, 6.07) is 18.8. The molecular weight excluding hydrogens is 380 g/mol. The summed E-state index contributed by atoms with van der Waals surface area (Å²) in [5.41, 5.74) is 5.41. The van der Waals surface area contributed by atoms with Crippen LogP contribution in [-0.2, 0) is 16.0 Å². The van der Waals surface area contributed by atoms with Crippen LogP contribution in [0.25, 0.3) is 11.1 Å². The van der Waals surface area contributed by atoms with Crippen LogP contribution in [0, 0.1) is 0 Å². The Morgan fingerprint density at radius 2 is 1.67 bits per heavy atom. The van der Waals surface area contributed by atoms with Crippen LogP contribution in [0.1, 0.15) is 29.0 Å². The molecule has 152 valence electrons. The van der Waals surface area contributed by atoms with Crippen molar-refractivity contribution in [3.05, 3.63) is 89.7 Å². The molecule has 0 aliphatic heterocycles. The maximum absolute atomic E-state index is 12.3. The molecule has 4 rings (SSSR count). The lowest BCUT2D eigenvalue weighted by Crippen LogP contribution is -2.41. The largest absolute Gasteiger partial charge is 0.480 e. The van der Waals surface area contributed by atoms with E-state index in [1.54, 1.807) is 18.5 Å². The van der Waals surface area contributed by atoms with Crippen molar-refractivity contribution in [3.63, 3.8) is 0 Å². The van der Waals surface area contributed by atoms with Crippen LogP contribution in [0.5, 0.6) is 0 Å². The number of aryl methyl sites for hydroxylation is 1. The number of carboxylic acids is 1. The van der Waals surface area contributed by atoms with Crippen LogP contribution >= 0.6 is 0 Å². The Morgan fingerprint density at radius 3 is 2.27 bits per heavy atom. The molecule has 0 saturated carbocycles. The molecule has 2 aromatic carbocycles. The van der Waals surface area contributed by atoms with E-state index in [1.165, 1.54) is 0 Å². The quantitative estimate of drug-likeness (QED) is 0.623. The fraction of sp³-hybridized carbons (Fsp3) is 0.208. The number of nitrogens with zero attached hydrogens (tertiary/aromatic N) is 1. The first-order valence-electron chi connectivity index (χ1n) is 9.86. The smallest absolute Gasteiger partial charge is 0.407 e. The van der Waals surface area contributed by atoms with Crippen molar-refractivity contribution in [2.24, 2.45) is 0 Å². The number of ether oxygens (including phenoxy) is 1. The lowest BCUT2D eigenvalue weighted by atomic mass is 9.98. The van der Waals surface area contributed by atoms with Crippen LogP contribution in [0.4, 0.5) is 4.79 Å². The predicted molar refractivity (Wildman–Crippen MR) is 112 cm³/mol. The molecule has 1 aromatic heterocycles. The highest BCUT2D eigenvalue weighted by molar-refractivity contribution is 5.81. The average Bonchev–Trinajstić information content (AvgIpc) is 3.09. The van der Waals surface area contributed by atoms with Gasteiger partial charge in [-0.1, -0.05) is 54.6 Å². The van der Waals surface area contributed by atoms with Gasteiger partial charge < -0.3 is 15.2 Å². The minimum absolute atomic E-state index is 0.0678. The number of fused-ring (bicyclic) bond motifs is 3. The molecule has 0 saturated heterocycles. The molecule has 2 N–H and O–H groups in total. The Labute approximate surface area is 174 Å². The Kier molecular flexibility index (Phi) is 5.75. The normalized spacial score (nSPS) is 13.2. The van der Waals surface area contributed by atoms with Crippen LogP contribution in [-0.4, -0.2) is 34.8 Å². The van der Waals surface area contributed by atoms with Crippen LogP contribution in [0.2, 0.25) is 0 Å². The van der Waals surface area contributed by atoms with E-state index in [0.717, 1.165) is 27.8 Å². The maximum atomic E-state index is 12.3. The molecule has 1 aliphatic carbocycles. The molecule has 0 spiro atoms. The summed E-state index contributed by atoms with van der Waals surface area (Å²) < 4.78 is 5.45. The Morgan fingerprint density at radius 1 is 1.00 bits per heavy atom. The van der Waals surface area contributed by atoms with E-state index >= 15 is 0 Å². The number of aromatic nitrogens is 1. The highest BCUT2D eigenvalue weighted by Gasteiger charge is 2.29. The molecule has 0 unspecified atom stereocenters. The SMILES string of the molecule is O=C(N[C@H](CCc1cccnc1)C(=O)O)OCC1c2ccccc2-c2ccccc21.